The molecule has 168 valence electrons. The molecule has 0 aliphatic carbocycles. The highest BCUT2D eigenvalue weighted by atomic mass is 32.2. The average molecular weight is 452 g/mol. The van der Waals surface area contributed by atoms with Gasteiger partial charge < -0.3 is 5.11 Å². The van der Waals surface area contributed by atoms with Gasteiger partial charge in [0, 0.05) is 19.5 Å². The fourth-order valence-corrected chi connectivity index (χ4v) is 5.11. The smallest absolute Gasteiger partial charge is 0.303 e. The van der Waals surface area contributed by atoms with Gasteiger partial charge in [0.25, 0.3) is 0 Å². The summed E-state index contributed by atoms with van der Waals surface area (Å²) in [6.07, 6.45) is 1.92. The van der Waals surface area contributed by atoms with Gasteiger partial charge in [-0.2, -0.15) is 4.31 Å². The van der Waals surface area contributed by atoms with Crippen LogP contribution in [-0.4, -0.2) is 36.9 Å². The Morgan fingerprint density at radius 2 is 1.34 bits per heavy atom. The summed E-state index contributed by atoms with van der Waals surface area (Å²) in [7, 11) is -3.59. The van der Waals surface area contributed by atoms with Crippen molar-refractivity contribution >= 4 is 16.0 Å². The predicted molar refractivity (Wildman–Crippen MR) is 127 cm³/mol. The number of sulfonamides is 1. The van der Waals surface area contributed by atoms with Gasteiger partial charge in [-0.1, -0.05) is 73.7 Å². The number of carbonyl (C=O) groups is 1. The first-order valence-electron chi connectivity index (χ1n) is 10.9. The van der Waals surface area contributed by atoms with Crippen molar-refractivity contribution < 1.29 is 18.3 Å². The molecule has 0 heterocycles. The summed E-state index contributed by atoms with van der Waals surface area (Å²) < 4.78 is 28.1. The largest absolute Gasteiger partial charge is 0.481 e. The topological polar surface area (TPSA) is 74.7 Å². The molecule has 3 rings (SSSR count). The maximum Gasteiger partial charge on any atom is 0.303 e. The Morgan fingerprint density at radius 3 is 1.91 bits per heavy atom. The quantitative estimate of drug-likeness (QED) is 0.444. The lowest BCUT2D eigenvalue weighted by Crippen LogP contribution is -2.33. The Bertz CT molecular complexity index is 1110. The third kappa shape index (κ3) is 6.28. The van der Waals surface area contributed by atoms with E-state index in [2.05, 4.69) is 0 Å². The first-order chi connectivity index (χ1) is 15.4. The fraction of sp³-hybridized carbons (Fsp3) is 0.269. The van der Waals surface area contributed by atoms with Crippen molar-refractivity contribution in [2.75, 3.05) is 13.1 Å². The molecule has 0 saturated heterocycles. The van der Waals surface area contributed by atoms with Crippen molar-refractivity contribution in [3.63, 3.8) is 0 Å². The van der Waals surface area contributed by atoms with E-state index < -0.39 is 16.0 Å². The lowest BCUT2D eigenvalue weighted by Gasteiger charge is -2.22. The van der Waals surface area contributed by atoms with Crippen molar-refractivity contribution in [1.82, 2.24) is 4.31 Å². The van der Waals surface area contributed by atoms with Crippen LogP contribution in [0.3, 0.4) is 0 Å². The Kier molecular flexibility index (Phi) is 8.20. The summed E-state index contributed by atoms with van der Waals surface area (Å²) in [4.78, 5) is 11.0. The van der Waals surface area contributed by atoms with E-state index in [1.54, 1.807) is 16.4 Å². The third-order valence-corrected chi connectivity index (χ3v) is 7.29. The number of aryl methyl sites for hydroxylation is 1. The minimum absolute atomic E-state index is 0.102. The molecule has 32 heavy (non-hydrogen) atoms. The minimum Gasteiger partial charge on any atom is -0.481 e. The highest BCUT2D eigenvalue weighted by Crippen LogP contribution is 2.23. The Morgan fingerprint density at radius 1 is 0.781 bits per heavy atom. The van der Waals surface area contributed by atoms with Crippen LogP contribution >= 0.6 is 0 Å². The first-order valence-corrected chi connectivity index (χ1v) is 12.3. The van der Waals surface area contributed by atoms with E-state index >= 15 is 0 Å². The molecular formula is C26H29NO4S. The molecule has 0 bridgehead atoms. The van der Waals surface area contributed by atoms with Gasteiger partial charge in [-0.3, -0.25) is 4.79 Å². The Hall–Kier alpha value is -2.96. The van der Waals surface area contributed by atoms with Gasteiger partial charge >= 0.3 is 5.97 Å². The SMILES string of the molecule is CCCN(CCc1ccc(CCC(=O)O)cc1)S(=O)(=O)c1ccc(-c2ccccc2)cc1. The van der Waals surface area contributed by atoms with Crippen LogP contribution < -0.4 is 0 Å². The molecule has 0 unspecified atom stereocenters. The van der Waals surface area contributed by atoms with E-state index in [0.29, 0.717) is 30.8 Å². The number of rotatable bonds is 11. The molecule has 0 aromatic heterocycles. The molecule has 0 atom stereocenters. The van der Waals surface area contributed by atoms with E-state index in [1.165, 1.54) is 0 Å². The van der Waals surface area contributed by atoms with E-state index in [0.717, 1.165) is 28.7 Å². The second-order valence-electron chi connectivity index (χ2n) is 7.75. The monoisotopic (exact) mass is 451 g/mol. The summed E-state index contributed by atoms with van der Waals surface area (Å²) in [5, 5.41) is 8.81. The second-order valence-corrected chi connectivity index (χ2v) is 9.69. The van der Waals surface area contributed by atoms with Crippen LogP contribution in [0.5, 0.6) is 0 Å². The van der Waals surface area contributed by atoms with Crippen LogP contribution in [0, 0.1) is 0 Å². The summed E-state index contributed by atoms with van der Waals surface area (Å²) >= 11 is 0. The summed E-state index contributed by atoms with van der Waals surface area (Å²) in [6.45, 7) is 2.82. The lowest BCUT2D eigenvalue weighted by atomic mass is 10.1. The van der Waals surface area contributed by atoms with Gasteiger partial charge in [0.05, 0.1) is 4.90 Å². The van der Waals surface area contributed by atoms with Gasteiger partial charge in [-0.15, -0.1) is 0 Å². The van der Waals surface area contributed by atoms with Gasteiger partial charge in [0.2, 0.25) is 10.0 Å². The zero-order valence-electron chi connectivity index (χ0n) is 18.3. The van der Waals surface area contributed by atoms with Gasteiger partial charge in [0.15, 0.2) is 0 Å². The number of carboxylic acids is 1. The number of benzene rings is 3. The normalized spacial score (nSPS) is 11.6. The van der Waals surface area contributed by atoms with E-state index in [1.807, 2.05) is 73.7 Å². The van der Waals surface area contributed by atoms with E-state index in [-0.39, 0.29) is 6.42 Å². The molecule has 0 spiro atoms. The number of hydrogen-bond acceptors (Lipinski definition) is 3. The van der Waals surface area contributed by atoms with Crippen LogP contribution in [0.25, 0.3) is 11.1 Å². The molecule has 0 amide bonds. The summed E-state index contributed by atoms with van der Waals surface area (Å²) in [5.74, 6) is -0.814. The van der Waals surface area contributed by atoms with Crippen molar-refractivity contribution in [2.24, 2.45) is 0 Å². The van der Waals surface area contributed by atoms with Crippen molar-refractivity contribution in [2.45, 2.75) is 37.5 Å². The molecule has 0 fully saturated rings. The minimum atomic E-state index is -3.59. The molecule has 1 N–H and O–H groups in total. The lowest BCUT2D eigenvalue weighted by molar-refractivity contribution is -0.136. The predicted octanol–water partition coefficient (Wildman–Crippen LogP) is 5.01. The standard InChI is InChI=1S/C26H29NO4S/c1-2-19-27(20-18-22-10-8-21(9-11-22)12-17-26(28)29)32(30,31)25-15-13-24(14-16-25)23-6-4-3-5-7-23/h3-11,13-16H,2,12,17-20H2,1H3,(H,28,29). The van der Waals surface area contributed by atoms with Gasteiger partial charge in [-0.05, 0) is 53.6 Å². The zero-order valence-corrected chi connectivity index (χ0v) is 19.1. The number of aliphatic carboxylic acids is 1. The number of carboxylic acid groups (broad SMARTS) is 1. The number of hydrogen-bond donors (Lipinski definition) is 1. The van der Waals surface area contributed by atoms with Crippen molar-refractivity contribution in [3.8, 4) is 11.1 Å². The van der Waals surface area contributed by atoms with Crippen molar-refractivity contribution in [3.05, 3.63) is 90.0 Å². The highest BCUT2D eigenvalue weighted by Gasteiger charge is 2.23. The molecule has 3 aromatic carbocycles. The third-order valence-electron chi connectivity index (χ3n) is 5.37. The molecule has 0 aliphatic rings. The fourth-order valence-electron chi connectivity index (χ4n) is 3.58. The summed E-state index contributed by atoms with van der Waals surface area (Å²) in [5.41, 5.74) is 4.02. The van der Waals surface area contributed by atoms with Crippen LogP contribution in [0.4, 0.5) is 0 Å². The molecule has 3 aromatic rings. The van der Waals surface area contributed by atoms with Gasteiger partial charge in [0.1, 0.15) is 0 Å². The second kappa shape index (κ2) is 11.1. The van der Waals surface area contributed by atoms with Crippen LogP contribution in [0.15, 0.2) is 83.8 Å². The summed E-state index contributed by atoms with van der Waals surface area (Å²) in [6, 6.07) is 24.7. The number of nitrogens with zero attached hydrogens (tertiary/aromatic N) is 1. The van der Waals surface area contributed by atoms with Crippen LogP contribution in [0.2, 0.25) is 0 Å². The van der Waals surface area contributed by atoms with E-state index in [9.17, 15) is 13.2 Å². The maximum atomic E-state index is 13.3. The van der Waals surface area contributed by atoms with E-state index in [4.69, 9.17) is 5.11 Å². The maximum absolute atomic E-state index is 13.3. The molecule has 0 aliphatic heterocycles. The first kappa shape index (κ1) is 23.7. The molecule has 0 saturated carbocycles. The van der Waals surface area contributed by atoms with Gasteiger partial charge in [-0.25, -0.2) is 8.42 Å². The average Bonchev–Trinajstić information content (AvgIpc) is 2.81. The molecule has 6 heteroatoms. The molecule has 0 radical (unpaired) electrons. The molecule has 5 nitrogen and oxygen atoms in total. The van der Waals surface area contributed by atoms with Crippen molar-refractivity contribution in [1.29, 1.82) is 0 Å². The van der Waals surface area contributed by atoms with Crippen LogP contribution in [0.1, 0.15) is 30.9 Å². The zero-order chi connectivity index (χ0) is 23.0. The van der Waals surface area contributed by atoms with Crippen LogP contribution in [-0.2, 0) is 27.7 Å². The molecular weight excluding hydrogens is 422 g/mol. The Labute approximate surface area is 190 Å². The highest BCUT2D eigenvalue weighted by molar-refractivity contribution is 7.89. The Balaban J connectivity index is 1.69.